The van der Waals surface area contributed by atoms with E-state index in [-0.39, 0.29) is 11.9 Å². The van der Waals surface area contributed by atoms with Crippen LogP contribution in [0.25, 0.3) is 0 Å². The Morgan fingerprint density at radius 3 is 2.65 bits per heavy atom. The van der Waals surface area contributed by atoms with E-state index in [0.717, 1.165) is 16.8 Å². The third-order valence-electron chi connectivity index (χ3n) is 5.62. The van der Waals surface area contributed by atoms with Crippen LogP contribution in [-0.2, 0) is 16.8 Å². The molecule has 0 saturated carbocycles. The van der Waals surface area contributed by atoms with E-state index in [1.54, 1.807) is 9.80 Å². The minimum absolute atomic E-state index is 0.0903. The first-order valence-electron chi connectivity index (χ1n) is 8.97. The molecule has 1 atom stereocenters. The van der Waals surface area contributed by atoms with Crippen molar-refractivity contribution in [3.63, 3.8) is 0 Å². The van der Waals surface area contributed by atoms with Gasteiger partial charge in [-0.05, 0) is 30.5 Å². The highest BCUT2D eigenvalue weighted by molar-refractivity contribution is 6.08. The molecule has 1 N–H and O–H groups in total. The molecule has 2 aromatic carbocycles. The van der Waals surface area contributed by atoms with Gasteiger partial charge in [0.05, 0.1) is 5.41 Å². The summed E-state index contributed by atoms with van der Waals surface area (Å²) in [6.45, 7) is 3.56. The van der Waals surface area contributed by atoms with Gasteiger partial charge in [-0.15, -0.1) is 0 Å². The van der Waals surface area contributed by atoms with Gasteiger partial charge in [-0.25, -0.2) is 4.79 Å². The lowest BCUT2D eigenvalue weighted by atomic mass is 9.81. The number of aryl methyl sites for hydroxylation is 1. The minimum atomic E-state index is -0.591. The summed E-state index contributed by atoms with van der Waals surface area (Å²) in [5.41, 5.74) is 3.68. The molecule has 2 heterocycles. The molecule has 5 nitrogen and oxygen atoms in total. The SMILES string of the molecule is Cc1ccc(CNC(=O)N2CCC3(C2)C(=O)N(C)c2ccccc23)cc1. The number of hydrogen-bond acceptors (Lipinski definition) is 2. The number of carbonyl (C=O) groups excluding carboxylic acids is 2. The fourth-order valence-electron chi connectivity index (χ4n) is 4.09. The normalized spacial score (nSPS) is 21.4. The van der Waals surface area contributed by atoms with Gasteiger partial charge in [0.15, 0.2) is 0 Å². The first-order valence-corrected chi connectivity index (χ1v) is 8.97. The van der Waals surface area contributed by atoms with E-state index in [1.807, 2.05) is 62.5 Å². The third-order valence-corrected chi connectivity index (χ3v) is 5.62. The molecule has 0 radical (unpaired) electrons. The molecule has 0 aromatic heterocycles. The number of hydrogen-bond donors (Lipinski definition) is 1. The minimum Gasteiger partial charge on any atom is -0.334 e. The zero-order valence-electron chi connectivity index (χ0n) is 15.2. The molecule has 1 saturated heterocycles. The van der Waals surface area contributed by atoms with E-state index in [9.17, 15) is 9.59 Å². The molecule has 2 aliphatic heterocycles. The van der Waals surface area contributed by atoms with Crippen LogP contribution in [0, 0.1) is 6.92 Å². The average molecular weight is 349 g/mol. The smallest absolute Gasteiger partial charge is 0.317 e. The number of anilines is 1. The fraction of sp³-hybridized carbons (Fsp3) is 0.333. The summed E-state index contributed by atoms with van der Waals surface area (Å²) >= 11 is 0. The van der Waals surface area contributed by atoms with E-state index < -0.39 is 5.41 Å². The Labute approximate surface area is 153 Å². The Bertz CT molecular complexity index is 862. The second kappa shape index (κ2) is 6.16. The molecule has 0 bridgehead atoms. The fourth-order valence-corrected chi connectivity index (χ4v) is 4.09. The van der Waals surface area contributed by atoms with E-state index in [0.29, 0.717) is 26.1 Å². The molecular formula is C21H23N3O2. The zero-order chi connectivity index (χ0) is 18.3. The van der Waals surface area contributed by atoms with Crippen molar-refractivity contribution in [2.45, 2.75) is 25.3 Å². The first-order chi connectivity index (χ1) is 12.5. The van der Waals surface area contributed by atoms with E-state index in [1.165, 1.54) is 5.56 Å². The van der Waals surface area contributed by atoms with E-state index in [2.05, 4.69) is 5.32 Å². The quantitative estimate of drug-likeness (QED) is 0.906. The van der Waals surface area contributed by atoms with Crippen molar-refractivity contribution in [1.29, 1.82) is 0 Å². The van der Waals surface area contributed by atoms with Crippen molar-refractivity contribution in [2.24, 2.45) is 0 Å². The maximum atomic E-state index is 12.9. The molecule has 0 aliphatic carbocycles. The predicted molar refractivity (Wildman–Crippen MR) is 101 cm³/mol. The van der Waals surface area contributed by atoms with Gasteiger partial charge in [-0.3, -0.25) is 4.79 Å². The number of fused-ring (bicyclic) bond motifs is 2. The van der Waals surface area contributed by atoms with Crippen LogP contribution >= 0.6 is 0 Å². The van der Waals surface area contributed by atoms with Crippen LogP contribution in [0.3, 0.4) is 0 Å². The Morgan fingerprint density at radius 1 is 1.15 bits per heavy atom. The molecule has 1 fully saturated rings. The molecule has 2 aromatic rings. The van der Waals surface area contributed by atoms with Gasteiger partial charge < -0.3 is 15.1 Å². The van der Waals surface area contributed by atoms with Crippen LogP contribution in [0.15, 0.2) is 48.5 Å². The number of rotatable bonds is 2. The molecule has 134 valence electrons. The lowest BCUT2D eigenvalue weighted by Crippen LogP contribution is -2.44. The number of urea groups is 1. The van der Waals surface area contributed by atoms with Crippen LogP contribution in [0.1, 0.15) is 23.1 Å². The molecule has 5 heteroatoms. The summed E-state index contributed by atoms with van der Waals surface area (Å²) in [6.07, 6.45) is 0.672. The predicted octanol–water partition coefficient (Wildman–Crippen LogP) is 2.82. The van der Waals surface area contributed by atoms with Crippen molar-refractivity contribution in [3.8, 4) is 0 Å². The molecular weight excluding hydrogens is 326 g/mol. The van der Waals surface area contributed by atoms with Gasteiger partial charge in [0.1, 0.15) is 0 Å². The van der Waals surface area contributed by atoms with Gasteiger partial charge >= 0.3 is 6.03 Å². The number of likely N-dealkylation sites (tertiary alicyclic amines) is 1. The Morgan fingerprint density at radius 2 is 1.88 bits per heavy atom. The third kappa shape index (κ3) is 2.55. The number of nitrogens with one attached hydrogen (secondary N) is 1. The van der Waals surface area contributed by atoms with Crippen LogP contribution in [0.4, 0.5) is 10.5 Å². The number of amides is 3. The highest BCUT2D eigenvalue weighted by atomic mass is 16.2. The monoisotopic (exact) mass is 349 g/mol. The van der Waals surface area contributed by atoms with Gasteiger partial charge in [0.2, 0.25) is 5.91 Å². The van der Waals surface area contributed by atoms with Crippen LogP contribution < -0.4 is 10.2 Å². The zero-order valence-corrected chi connectivity index (χ0v) is 15.2. The Balaban J connectivity index is 1.47. The van der Waals surface area contributed by atoms with Gasteiger partial charge in [-0.2, -0.15) is 0 Å². The first kappa shape index (κ1) is 16.6. The Hall–Kier alpha value is -2.82. The molecule has 1 unspecified atom stereocenters. The number of benzene rings is 2. The lowest BCUT2D eigenvalue weighted by molar-refractivity contribution is -0.122. The lowest BCUT2D eigenvalue weighted by Gasteiger charge is -2.23. The van der Waals surface area contributed by atoms with Crippen molar-refractivity contribution in [3.05, 3.63) is 65.2 Å². The maximum Gasteiger partial charge on any atom is 0.317 e. The largest absolute Gasteiger partial charge is 0.334 e. The van der Waals surface area contributed by atoms with E-state index >= 15 is 0 Å². The number of para-hydroxylation sites is 1. The topological polar surface area (TPSA) is 52.7 Å². The summed E-state index contributed by atoms with van der Waals surface area (Å²) < 4.78 is 0. The number of likely N-dealkylation sites (N-methyl/N-ethyl adjacent to an activating group) is 1. The van der Waals surface area contributed by atoms with Crippen molar-refractivity contribution < 1.29 is 9.59 Å². The molecule has 4 rings (SSSR count). The summed E-state index contributed by atoms with van der Waals surface area (Å²) in [5, 5.41) is 2.98. The number of nitrogens with zero attached hydrogens (tertiary/aromatic N) is 2. The van der Waals surface area contributed by atoms with Crippen LogP contribution in [0.5, 0.6) is 0 Å². The average Bonchev–Trinajstić information content (AvgIpc) is 3.20. The van der Waals surface area contributed by atoms with Crippen molar-refractivity contribution in [1.82, 2.24) is 10.2 Å². The van der Waals surface area contributed by atoms with Gasteiger partial charge in [0.25, 0.3) is 0 Å². The summed E-state index contributed by atoms with van der Waals surface area (Å²) in [5.74, 6) is 0.0903. The second-order valence-electron chi connectivity index (χ2n) is 7.28. The van der Waals surface area contributed by atoms with Gasteiger partial charge in [-0.1, -0.05) is 48.0 Å². The summed E-state index contributed by atoms with van der Waals surface area (Å²) in [4.78, 5) is 29.0. The number of carbonyl (C=O) groups is 2. The molecule has 1 spiro atoms. The van der Waals surface area contributed by atoms with Gasteiger partial charge in [0, 0.05) is 32.4 Å². The highest BCUT2D eigenvalue weighted by Crippen LogP contribution is 2.46. The standard InChI is InChI=1S/C21H23N3O2/c1-15-7-9-16(10-8-15)13-22-20(26)24-12-11-21(14-24)17-5-3-4-6-18(17)23(2)19(21)25/h3-10H,11-14H2,1-2H3,(H,22,26). The second-order valence-corrected chi connectivity index (χ2v) is 7.28. The Kier molecular flexibility index (Phi) is 3.94. The maximum absolute atomic E-state index is 12.9. The molecule has 2 aliphatic rings. The van der Waals surface area contributed by atoms with Crippen LogP contribution in [-0.4, -0.2) is 37.0 Å². The molecule has 3 amide bonds. The highest BCUT2D eigenvalue weighted by Gasteiger charge is 2.54. The summed E-state index contributed by atoms with van der Waals surface area (Å²) in [6, 6.07) is 15.9. The van der Waals surface area contributed by atoms with Crippen molar-refractivity contribution in [2.75, 3.05) is 25.0 Å². The van der Waals surface area contributed by atoms with Crippen molar-refractivity contribution >= 4 is 17.6 Å². The van der Waals surface area contributed by atoms with E-state index in [4.69, 9.17) is 0 Å². The van der Waals surface area contributed by atoms with Crippen LogP contribution in [0.2, 0.25) is 0 Å². The molecule has 26 heavy (non-hydrogen) atoms. The summed E-state index contributed by atoms with van der Waals surface area (Å²) in [7, 11) is 1.82.